The molecule has 162 valence electrons. The molecule has 0 unspecified atom stereocenters. The van der Waals surface area contributed by atoms with E-state index in [-0.39, 0.29) is 30.7 Å². The Balaban J connectivity index is 1.55. The number of thioether (sulfide) groups is 1. The number of carbonyl (C=O) groups is 1. The summed E-state index contributed by atoms with van der Waals surface area (Å²) < 4.78 is 27.7. The molecular formula is C18H20Cl2N4O3S3. The van der Waals surface area contributed by atoms with Gasteiger partial charge in [-0.3, -0.25) is 4.79 Å². The van der Waals surface area contributed by atoms with Gasteiger partial charge in [-0.2, -0.15) is 0 Å². The molecule has 1 aromatic carbocycles. The number of anilines is 1. The third-order valence-electron chi connectivity index (χ3n) is 4.57. The average Bonchev–Trinajstić information content (AvgIpc) is 3.16. The van der Waals surface area contributed by atoms with Gasteiger partial charge in [0.1, 0.15) is 0 Å². The molecule has 0 bridgehead atoms. The van der Waals surface area contributed by atoms with E-state index < -0.39 is 10.0 Å². The summed E-state index contributed by atoms with van der Waals surface area (Å²) in [6.07, 6.45) is 2.63. The molecule has 1 N–H and O–H groups in total. The molecule has 3 rings (SSSR count). The third kappa shape index (κ3) is 5.95. The van der Waals surface area contributed by atoms with Crippen molar-refractivity contribution >= 4 is 67.4 Å². The summed E-state index contributed by atoms with van der Waals surface area (Å²) >= 11 is 15.0. The van der Waals surface area contributed by atoms with Crippen LogP contribution in [-0.2, 0) is 20.6 Å². The quantitative estimate of drug-likeness (QED) is 0.325. The zero-order chi connectivity index (χ0) is 21.7. The topological polar surface area (TPSA) is 92.3 Å². The van der Waals surface area contributed by atoms with Crippen LogP contribution < -0.4 is 5.32 Å². The van der Waals surface area contributed by atoms with Crippen LogP contribution in [0.1, 0.15) is 18.4 Å². The van der Waals surface area contributed by atoms with E-state index in [0.29, 0.717) is 33.6 Å². The summed E-state index contributed by atoms with van der Waals surface area (Å²) in [7, 11) is -3.59. The monoisotopic (exact) mass is 506 g/mol. The standard InChI is InChI=1S/C18H20Cl2N4O3S3/c1-2-10-28-18-23-22-17(29-18)21-16(25)12-6-8-24(9-7-12)30(26,27)11-13-14(19)4-3-5-15(13)20/h2-5,12H,1,6-11H2,(H,21,22,25). The lowest BCUT2D eigenvalue weighted by molar-refractivity contribution is -0.120. The van der Waals surface area contributed by atoms with E-state index in [4.69, 9.17) is 23.2 Å². The lowest BCUT2D eigenvalue weighted by Gasteiger charge is -2.30. The van der Waals surface area contributed by atoms with E-state index in [1.54, 1.807) is 24.3 Å². The van der Waals surface area contributed by atoms with E-state index in [0.717, 1.165) is 10.1 Å². The Labute approximate surface area is 193 Å². The van der Waals surface area contributed by atoms with Crippen molar-refractivity contribution in [3.8, 4) is 0 Å². The van der Waals surface area contributed by atoms with Crippen molar-refractivity contribution in [2.45, 2.75) is 22.9 Å². The summed E-state index contributed by atoms with van der Waals surface area (Å²) in [5.41, 5.74) is 0.391. The van der Waals surface area contributed by atoms with Crippen molar-refractivity contribution in [1.29, 1.82) is 0 Å². The van der Waals surface area contributed by atoms with Crippen molar-refractivity contribution in [2.75, 3.05) is 24.2 Å². The summed E-state index contributed by atoms with van der Waals surface area (Å²) in [6, 6.07) is 4.90. The summed E-state index contributed by atoms with van der Waals surface area (Å²) in [5.74, 6) is -0.00103. The second-order valence-corrected chi connectivity index (χ2v) is 11.6. The number of halogens is 2. The van der Waals surface area contributed by atoms with Crippen LogP contribution >= 0.6 is 46.3 Å². The number of carbonyl (C=O) groups excluding carboxylic acids is 1. The van der Waals surface area contributed by atoms with Gasteiger partial charge in [-0.25, -0.2) is 12.7 Å². The zero-order valence-electron chi connectivity index (χ0n) is 15.9. The molecule has 12 heteroatoms. The molecule has 0 radical (unpaired) electrons. The number of hydrogen-bond acceptors (Lipinski definition) is 7. The molecule has 0 atom stereocenters. The highest BCUT2D eigenvalue weighted by atomic mass is 35.5. The molecule has 1 amide bonds. The summed E-state index contributed by atoms with van der Waals surface area (Å²) in [4.78, 5) is 12.5. The molecule has 30 heavy (non-hydrogen) atoms. The molecule has 1 fully saturated rings. The van der Waals surface area contributed by atoms with Gasteiger partial charge in [0.15, 0.2) is 4.34 Å². The smallest absolute Gasteiger partial charge is 0.229 e. The van der Waals surface area contributed by atoms with Crippen molar-refractivity contribution in [3.63, 3.8) is 0 Å². The van der Waals surface area contributed by atoms with Gasteiger partial charge in [0.2, 0.25) is 21.1 Å². The van der Waals surface area contributed by atoms with Crippen LogP contribution in [0.15, 0.2) is 35.2 Å². The van der Waals surface area contributed by atoms with Crippen LogP contribution in [0.5, 0.6) is 0 Å². The van der Waals surface area contributed by atoms with Crippen LogP contribution in [0.3, 0.4) is 0 Å². The highest BCUT2D eigenvalue weighted by Crippen LogP contribution is 2.30. The number of nitrogens with zero attached hydrogens (tertiary/aromatic N) is 3. The Morgan fingerprint density at radius 3 is 2.60 bits per heavy atom. The Morgan fingerprint density at radius 2 is 1.97 bits per heavy atom. The average molecular weight is 507 g/mol. The number of benzene rings is 1. The molecule has 2 heterocycles. The van der Waals surface area contributed by atoms with Crippen LogP contribution in [0, 0.1) is 5.92 Å². The normalized spacial score (nSPS) is 15.8. The van der Waals surface area contributed by atoms with Crippen molar-refractivity contribution in [1.82, 2.24) is 14.5 Å². The van der Waals surface area contributed by atoms with Crippen LogP contribution in [0.4, 0.5) is 5.13 Å². The predicted octanol–water partition coefficient (Wildman–Crippen LogP) is 4.30. The van der Waals surface area contributed by atoms with Crippen LogP contribution in [0.25, 0.3) is 0 Å². The largest absolute Gasteiger partial charge is 0.300 e. The highest BCUT2D eigenvalue weighted by molar-refractivity contribution is 8.01. The molecule has 1 aliphatic heterocycles. The van der Waals surface area contributed by atoms with Gasteiger partial charge >= 0.3 is 0 Å². The molecule has 0 aliphatic carbocycles. The summed E-state index contributed by atoms with van der Waals surface area (Å²) in [6.45, 7) is 4.18. The minimum atomic E-state index is -3.59. The minimum Gasteiger partial charge on any atom is -0.300 e. The van der Waals surface area contributed by atoms with E-state index in [9.17, 15) is 13.2 Å². The van der Waals surface area contributed by atoms with Gasteiger partial charge in [0.25, 0.3) is 0 Å². The number of nitrogens with one attached hydrogen (secondary N) is 1. The minimum absolute atomic E-state index is 0.169. The van der Waals surface area contributed by atoms with Crippen molar-refractivity contribution < 1.29 is 13.2 Å². The number of rotatable bonds is 8. The molecule has 0 spiro atoms. The maximum Gasteiger partial charge on any atom is 0.229 e. The maximum atomic E-state index is 12.8. The lowest BCUT2D eigenvalue weighted by atomic mass is 9.97. The fraction of sp³-hybridized carbons (Fsp3) is 0.389. The number of sulfonamides is 1. The number of hydrogen-bond donors (Lipinski definition) is 1. The Kier molecular flexibility index (Phi) is 8.17. The van der Waals surface area contributed by atoms with E-state index in [1.807, 2.05) is 0 Å². The molecule has 0 saturated carbocycles. The van der Waals surface area contributed by atoms with Crippen LogP contribution in [0.2, 0.25) is 10.0 Å². The van der Waals surface area contributed by atoms with Gasteiger partial charge < -0.3 is 5.32 Å². The van der Waals surface area contributed by atoms with Gasteiger partial charge in [-0.1, -0.05) is 58.4 Å². The Morgan fingerprint density at radius 1 is 1.30 bits per heavy atom. The number of amides is 1. The van der Waals surface area contributed by atoms with E-state index in [1.165, 1.54) is 27.4 Å². The molecular weight excluding hydrogens is 487 g/mol. The zero-order valence-corrected chi connectivity index (χ0v) is 19.8. The summed E-state index contributed by atoms with van der Waals surface area (Å²) in [5, 5.41) is 11.8. The molecule has 1 aromatic heterocycles. The van der Waals surface area contributed by atoms with Crippen molar-refractivity contribution in [2.24, 2.45) is 5.92 Å². The fourth-order valence-corrected chi connectivity index (χ4v) is 6.83. The Hall–Kier alpha value is -1.17. The SMILES string of the molecule is C=CCSc1nnc(NC(=O)C2CCN(S(=O)(=O)Cc3c(Cl)cccc3Cl)CC2)s1. The van der Waals surface area contributed by atoms with Gasteiger partial charge in [0, 0.05) is 40.4 Å². The second kappa shape index (κ2) is 10.4. The molecule has 2 aromatic rings. The second-order valence-electron chi connectivity index (χ2n) is 6.59. The molecule has 1 saturated heterocycles. The highest BCUT2D eigenvalue weighted by Gasteiger charge is 2.32. The Bertz CT molecular complexity index is 1000. The first-order valence-electron chi connectivity index (χ1n) is 9.09. The first-order valence-corrected chi connectivity index (χ1v) is 13.3. The van der Waals surface area contributed by atoms with Gasteiger partial charge in [0.05, 0.1) is 5.75 Å². The van der Waals surface area contributed by atoms with Crippen LogP contribution in [-0.4, -0.2) is 47.7 Å². The third-order valence-corrected chi connectivity index (χ3v) is 9.05. The lowest BCUT2D eigenvalue weighted by Crippen LogP contribution is -2.41. The molecule has 7 nitrogen and oxygen atoms in total. The fourth-order valence-electron chi connectivity index (χ4n) is 3.00. The first kappa shape index (κ1) is 23.5. The van der Waals surface area contributed by atoms with E-state index >= 15 is 0 Å². The first-order chi connectivity index (χ1) is 14.3. The number of aromatic nitrogens is 2. The van der Waals surface area contributed by atoms with E-state index in [2.05, 4.69) is 22.1 Å². The number of piperidine rings is 1. The predicted molar refractivity (Wildman–Crippen MR) is 123 cm³/mol. The van der Waals surface area contributed by atoms with Gasteiger partial charge in [-0.15, -0.1) is 16.8 Å². The van der Waals surface area contributed by atoms with Gasteiger partial charge in [-0.05, 0) is 25.0 Å². The molecule has 1 aliphatic rings. The van der Waals surface area contributed by atoms with Crippen molar-refractivity contribution in [3.05, 3.63) is 46.5 Å². The maximum absolute atomic E-state index is 12.8.